The molecule has 1 rings (SSSR count). The number of methoxy groups -OCH3 is 1. The minimum atomic E-state index is -1.67. The first kappa shape index (κ1) is 18.6. The van der Waals surface area contributed by atoms with Crippen LogP contribution in [-0.4, -0.2) is 38.6 Å². The van der Waals surface area contributed by atoms with Gasteiger partial charge in [0.2, 0.25) is 6.41 Å². The number of aryl methyl sites for hydroxylation is 1. The van der Waals surface area contributed by atoms with Crippen molar-refractivity contribution < 1.29 is 27.9 Å². The smallest absolute Gasteiger partial charge is 0.336 e. The third-order valence-electron chi connectivity index (χ3n) is 3.27. The Morgan fingerprint density at radius 3 is 2.70 bits per heavy atom. The highest BCUT2D eigenvalue weighted by Crippen LogP contribution is 2.24. The second kappa shape index (κ2) is 8.23. The zero-order valence-electron chi connectivity index (χ0n) is 13.1. The van der Waals surface area contributed by atoms with Crippen molar-refractivity contribution in [2.24, 2.45) is 0 Å². The highest BCUT2D eigenvalue weighted by Gasteiger charge is 2.26. The molecule has 23 heavy (non-hydrogen) atoms. The summed E-state index contributed by atoms with van der Waals surface area (Å²) >= 11 is 0. The van der Waals surface area contributed by atoms with Crippen LogP contribution in [0.1, 0.15) is 23.1 Å². The van der Waals surface area contributed by atoms with Crippen molar-refractivity contribution in [2.45, 2.75) is 25.6 Å². The van der Waals surface area contributed by atoms with Crippen LogP contribution in [0.2, 0.25) is 0 Å². The molecule has 0 aliphatic rings. The highest BCUT2D eigenvalue weighted by atomic mass is 19.1. The molecule has 2 amide bonds. The number of carbonyl (C=O) groups is 3. The summed E-state index contributed by atoms with van der Waals surface area (Å²) in [6.45, 7) is 5.04. The third-order valence-corrected chi connectivity index (χ3v) is 3.27. The SMILES string of the molecule is C=C(C(=O)OC)C(F)Cc1oc(C(NC)C(=O)NC=O)cc1C. The van der Waals surface area contributed by atoms with Gasteiger partial charge in [0, 0.05) is 6.42 Å². The minimum Gasteiger partial charge on any atom is -0.466 e. The van der Waals surface area contributed by atoms with Crippen molar-refractivity contribution >= 4 is 18.3 Å². The fourth-order valence-electron chi connectivity index (χ4n) is 1.98. The molecule has 126 valence electrons. The second-order valence-corrected chi connectivity index (χ2v) is 4.79. The van der Waals surface area contributed by atoms with Crippen molar-refractivity contribution in [3.05, 3.63) is 35.3 Å². The van der Waals surface area contributed by atoms with Gasteiger partial charge in [-0.15, -0.1) is 0 Å². The summed E-state index contributed by atoms with van der Waals surface area (Å²) in [5.74, 6) is -0.925. The Hall–Kier alpha value is -2.48. The number of esters is 1. The second-order valence-electron chi connectivity index (χ2n) is 4.79. The van der Waals surface area contributed by atoms with Crippen LogP contribution in [0.15, 0.2) is 22.6 Å². The Labute approximate surface area is 132 Å². The van der Waals surface area contributed by atoms with E-state index in [4.69, 9.17) is 4.42 Å². The van der Waals surface area contributed by atoms with Crippen molar-refractivity contribution in [1.82, 2.24) is 10.6 Å². The maximum atomic E-state index is 14.1. The summed E-state index contributed by atoms with van der Waals surface area (Å²) in [6, 6.07) is 0.670. The molecule has 1 heterocycles. The van der Waals surface area contributed by atoms with Crippen LogP contribution in [0.25, 0.3) is 0 Å². The number of amides is 2. The number of rotatable bonds is 8. The monoisotopic (exact) mass is 326 g/mol. The van der Waals surface area contributed by atoms with Crippen LogP contribution < -0.4 is 10.6 Å². The topological polar surface area (TPSA) is 97.6 Å². The molecule has 1 aromatic rings. The Morgan fingerprint density at radius 2 is 2.17 bits per heavy atom. The number of halogens is 1. The largest absolute Gasteiger partial charge is 0.466 e. The molecule has 0 bridgehead atoms. The van der Waals surface area contributed by atoms with E-state index in [-0.39, 0.29) is 29.9 Å². The molecular formula is C15H19FN2O5. The molecule has 0 aliphatic heterocycles. The molecule has 0 spiro atoms. The molecule has 7 nitrogen and oxygen atoms in total. The molecule has 0 radical (unpaired) electrons. The molecule has 1 aromatic heterocycles. The van der Waals surface area contributed by atoms with Gasteiger partial charge in [-0.05, 0) is 25.6 Å². The van der Waals surface area contributed by atoms with Crippen molar-refractivity contribution in [1.29, 1.82) is 0 Å². The van der Waals surface area contributed by atoms with E-state index >= 15 is 0 Å². The summed E-state index contributed by atoms with van der Waals surface area (Å²) in [5.41, 5.74) is 0.299. The minimum absolute atomic E-state index is 0.217. The number of hydrogen-bond acceptors (Lipinski definition) is 6. The first-order valence-corrected chi connectivity index (χ1v) is 6.77. The number of alkyl halides is 1. The van der Waals surface area contributed by atoms with E-state index < -0.39 is 24.1 Å². The number of nitrogens with one attached hydrogen (secondary N) is 2. The van der Waals surface area contributed by atoms with E-state index in [1.165, 1.54) is 7.05 Å². The summed E-state index contributed by atoms with van der Waals surface area (Å²) in [6.07, 6.45) is -1.62. The molecule has 0 aliphatic carbocycles. The van der Waals surface area contributed by atoms with Gasteiger partial charge in [0.15, 0.2) is 0 Å². The van der Waals surface area contributed by atoms with E-state index in [2.05, 4.69) is 16.6 Å². The van der Waals surface area contributed by atoms with Crippen molar-refractivity contribution in [3.63, 3.8) is 0 Å². The number of hydrogen-bond donors (Lipinski definition) is 2. The fraction of sp³-hybridized carbons (Fsp3) is 0.400. The molecule has 0 fully saturated rings. The van der Waals surface area contributed by atoms with Crippen LogP contribution in [0.3, 0.4) is 0 Å². The number of carbonyl (C=O) groups excluding carboxylic acids is 3. The van der Waals surface area contributed by atoms with E-state index in [1.54, 1.807) is 13.0 Å². The van der Waals surface area contributed by atoms with Gasteiger partial charge in [-0.1, -0.05) is 6.58 Å². The average Bonchev–Trinajstić information content (AvgIpc) is 2.87. The van der Waals surface area contributed by atoms with Crippen molar-refractivity contribution in [3.8, 4) is 0 Å². The first-order chi connectivity index (χ1) is 10.8. The lowest BCUT2D eigenvalue weighted by molar-refractivity contribution is -0.136. The van der Waals surface area contributed by atoms with Gasteiger partial charge >= 0.3 is 5.97 Å². The third kappa shape index (κ3) is 4.49. The molecule has 2 unspecified atom stereocenters. The van der Waals surface area contributed by atoms with Gasteiger partial charge in [0.25, 0.3) is 5.91 Å². The van der Waals surface area contributed by atoms with Gasteiger partial charge in [-0.3, -0.25) is 14.9 Å². The van der Waals surface area contributed by atoms with Gasteiger partial charge < -0.3 is 14.5 Å². The number of furan rings is 1. The van der Waals surface area contributed by atoms with Gasteiger partial charge in [0.1, 0.15) is 23.7 Å². The van der Waals surface area contributed by atoms with Gasteiger partial charge in [-0.25, -0.2) is 9.18 Å². The zero-order chi connectivity index (χ0) is 17.6. The average molecular weight is 326 g/mol. The fourth-order valence-corrected chi connectivity index (χ4v) is 1.98. The normalized spacial score (nSPS) is 13.0. The molecule has 2 N–H and O–H groups in total. The zero-order valence-corrected chi connectivity index (χ0v) is 13.1. The van der Waals surface area contributed by atoms with E-state index in [9.17, 15) is 18.8 Å². The molecular weight excluding hydrogens is 307 g/mol. The number of likely N-dealkylation sites (N-methyl/N-ethyl adjacent to an activating group) is 1. The lowest BCUT2D eigenvalue weighted by Crippen LogP contribution is -2.34. The molecule has 8 heteroatoms. The molecule has 0 saturated heterocycles. The lowest BCUT2D eigenvalue weighted by Gasteiger charge is -2.11. The summed E-state index contributed by atoms with van der Waals surface area (Å²) in [4.78, 5) is 33.4. The van der Waals surface area contributed by atoms with E-state index in [1.807, 2.05) is 5.32 Å². The number of ether oxygens (including phenoxy) is 1. The van der Waals surface area contributed by atoms with Gasteiger partial charge in [-0.2, -0.15) is 0 Å². The van der Waals surface area contributed by atoms with Crippen LogP contribution in [0, 0.1) is 6.92 Å². The highest BCUT2D eigenvalue weighted by molar-refractivity contribution is 5.90. The quantitative estimate of drug-likeness (QED) is 0.415. The maximum Gasteiger partial charge on any atom is 0.336 e. The molecule has 2 atom stereocenters. The maximum absolute atomic E-state index is 14.1. The Balaban J connectivity index is 2.93. The summed E-state index contributed by atoms with van der Waals surface area (Å²) in [7, 11) is 2.66. The lowest BCUT2D eigenvalue weighted by atomic mass is 10.1. The van der Waals surface area contributed by atoms with E-state index in [0.717, 1.165) is 7.11 Å². The Morgan fingerprint density at radius 1 is 1.52 bits per heavy atom. The predicted molar refractivity (Wildman–Crippen MR) is 79.2 cm³/mol. The summed E-state index contributed by atoms with van der Waals surface area (Å²) < 4.78 is 24.0. The Bertz CT molecular complexity index is 611. The first-order valence-electron chi connectivity index (χ1n) is 6.77. The Kier molecular flexibility index (Phi) is 6.65. The summed E-state index contributed by atoms with van der Waals surface area (Å²) in [5, 5.41) is 4.71. The van der Waals surface area contributed by atoms with Crippen LogP contribution >= 0.6 is 0 Å². The number of imide groups is 1. The molecule has 0 aromatic carbocycles. The van der Waals surface area contributed by atoms with Crippen LogP contribution in [-0.2, 0) is 25.5 Å². The van der Waals surface area contributed by atoms with Crippen molar-refractivity contribution in [2.75, 3.05) is 14.2 Å². The van der Waals surface area contributed by atoms with Crippen LogP contribution in [0.5, 0.6) is 0 Å². The van der Waals surface area contributed by atoms with Crippen LogP contribution in [0.4, 0.5) is 4.39 Å². The predicted octanol–water partition coefficient (Wildman–Crippen LogP) is 0.731. The molecule has 0 saturated carbocycles. The van der Waals surface area contributed by atoms with E-state index in [0.29, 0.717) is 5.56 Å². The van der Waals surface area contributed by atoms with Gasteiger partial charge in [0.05, 0.1) is 12.7 Å². The standard InChI is InChI=1S/C15H19FN2O5/c1-8-5-12(13(17-3)14(20)18-7-19)23-11(8)6-10(16)9(2)15(21)22-4/h5,7,10,13,17H,2,6H2,1,3-4H3,(H,18,19,20).